The molecule has 0 unspecified atom stereocenters. The van der Waals surface area contributed by atoms with Crippen molar-refractivity contribution in [3.63, 3.8) is 0 Å². The summed E-state index contributed by atoms with van der Waals surface area (Å²) in [6.45, 7) is 3.49. The first-order valence-corrected chi connectivity index (χ1v) is 10.8. The van der Waals surface area contributed by atoms with E-state index in [1.807, 2.05) is 24.3 Å². The van der Waals surface area contributed by atoms with Gasteiger partial charge in [-0.05, 0) is 19.3 Å². The summed E-state index contributed by atoms with van der Waals surface area (Å²) in [6.07, 6.45) is 8.42. The van der Waals surface area contributed by atoms with Crippen LogP contribution in [0.3, 0.4) is 0 Å². The lowest BCUT2D eigenvalue weighted by atomic mass is 10.1. The Balaban J connectivity index is 1.95. The lowest BCUT2D eigenvalue weighted by Gasteiger charge is -2.15. The van der Waals surface area contributed by atoms with Gasteiger partial charge in [-0.2, -0.15) is 0 Å². The fourth-order valence-electron chi connectivity index (χ4n) is 2.84. The summed E-state index contributed by atoms with van der Waals surface area (Å²) in [5, 5.41) is 3.82. The summed E-state index contributed by atoms with van der Waals surface area (Å²) in [5.74, 6) is 1.61. The highest BCUT2D eigenvalue weighted by Gasteiger charge is 2.12. The number of alkyl halides is 1. The summed E-state index contributed by atoms with van der Waals surface area (Å²) >= 11 is 9.92. The van der Waals surface area contributed by atoms with Gasteiger partial charge in [0.1, 0.15) is 11.5 Å². The Kier molecular flexibility index (Phi) is 9.49. The number of hydrogen-bond acceptors (Lipinski definition) is 2. The molecule has 2 aromatic rings. The van der Waals surface area contributed by atoms with Crippen LogP contribution < -0.4 is 9.47 Å². The second kappa shape index (κ2) is 11.6. The van der Waals surface area contributed by atoms with Gasteiger partial charge in [-0.3, -0.25) is 0 Å². The number of unbranched alkanes of at least 4 members (excludes halogenated alkanes) is 5. The Labute approximate surface area is 165 Å². The maximum absolute atomic E-state index is 6.45. The van der Waals surface area contributed by atoms with Crippen molar-refractivity contribution in [2.24, 2.45) is 0 Å². The molecule has 2 aromatic carbocycles. The predicted octanol–water partition coefficient (Wildman–Crippen LogP) is 7.40. The van der Waals surface area contributed by atoms with E-state index >= 15 is 0 Å². The molecule has 0 saturated heterocycles. The van der Waals surface area contributed by atoms with E-state index in [0.29, 0.717) is 11.6 Å². The molecule has 0 saturated carbocycles. The summed E-state index contributed by atoms with van der Waals surface area (Å²) in [4.78, 5) is 0. The van der Waals surface area contributed by atoms with Crippen LogP contribution in [0, 0.1) is 0 Å². The normalized spacial score (nSPS) is 11.0. The molecule has 0 spiro atoms. The maximum atomic E-state index is 6.45. The van der Waals surface area contributed by atoms with E-state index in [2.05, 4.69) is 28.9 Å². The Hall–Kier alpha value is -0.930. The summed E-state index contributed by atoms with van der Waals surface area (Å²) in [6, 6.07) is 10.0. The molecule has 0 aliphatic heterocycles. The number of benzene rings is 2. The zero-order valence-electron chi connectivity index (χ0n) is 15.0. The van der Waals surface area contributed by atoms with Gasteiger partial charge in [0.2, 0.25) is 0 Å². The number of hydrogen-bond donors (Lipinski definition) is 0. The molecule has 0 amide bonds. The van der Waals surface area contributed by atoms with Crippen molar-refractivity contribution < 1.29 is 9.47 Å². The molecular weight excluding hydrogens is 400 g/mol. The highest BCUT2D eigenvalue weighted by atomic mass is 79.9. The Bertz CT molecular complexity index is 645. The number of rotatable bonds is 12. The summed E-state index contributed by atoms with van der Waals surface area (Å²) < 4.78 is 11.9. The van der Waals surface area contributed by atoms with Crippen LogP contribution >= 0.6 is 27.5 Å². The Morgan fingerprint density at radius 2 is 1.56 bits per heavy atom. The second-order valence-electron chi connectivity index (χ2n) is 6.24. The summed E-state index contributed by atoms with van der Waals surface area (Å²) in [7, 11) is 0. The van der Waals surface area contributed by atoms with Crippen molar-refractivity contribution in [2.75, 3.05) is 18.5 Å². The zero-order valence-corrected chi connectivity index (χ0v) is 17.4. The molecule has 0 N–H and O–H groups in total. The second-order valence-corrected chi connectivity index (χ2v) is 7.44. The van der Waals surface area contributed by atoms with Gasteiger partial charge in [-0.15, -0.1) is 0 Å². The van der Waals surface area contributed by atoms with Crippen LogP contribution in [0.15, 0.2) is 30.3 Å². The largest absolute Gasteiger partial charge is 0.493 e. The maximum Gasteiger partial charge on any atom is 0.145 e. The smallest absolute Gasteiger partial charge is 0.145 e. The van der Waals surface area contributed by atoms with Crippen molar-refractivity contribution in [2.45, 2.75) is 51.9 Å². The third-order valence-corrected chi connectivity index (χ3v) is 4.99. The molecule has 0 aromatic heterocycles. The minimum atomic E-state index is 0.622. The van der Waals surface area contributed by atoms with Crippen molar-refractivity contribution in [3.8, 4) is 11.5 Å². The molecule has 2 nitrogen and oxygen atoms in total. The molecular formula is C21H28BrClO2. The van der Waals surface area contributed by atoms with Gasteiger partial charge >= 0.3 is 0 Å². The highest BCUT2D eigenvalue weighted by molar-refractivity contribution is 9.09. The van der Waals surface area contributed by atoms with Gasteiger partial charge in [-0.1, -0.05) is 84.4 Å². The van der Waals surface area contributed by atoms with Crippen LogP contribution in [0.1, 0.15) is 51.9 Å². The number of fused-ring (bicyclic) bond motifs is 1. The fourth-order valence-corrected chi connectivity index (χ4v) is 3.49. The van der Waals surface area contributed by atoms with E-state index < -0.39 is 0 Å². The first kappa shape index (κ1) is 20.4. The van der Waals surface area contributed by atoms with Gasteiger partial charge in [0.25, 0.3) is 0 Å². The third kappa shape index (κ3) is 6.38. The van der Waals surface area contributed by atoms with E-state index in [1.165, 1.54) is 32.1 Å². The number of halogens is 2. The quantitative estimate of drug-likeness (QED) is 0.259. The van der Waals surface area contributed by atoms with Crippen LogP contribution in [-0.4, -0.2) is 18.5 Å². The average molecular weight is 428 g/mol. The average Bonchev–Trinajstić information content (AvgIpc) is 2.63. The third-order valence-electron chi connectivity index (χ3n) is 4.15. The van der Waals surface area contributed by atoms with E-state index in [4.69, 9.17) is 21.1 Å². The molecule has 0 bridgehead atoms. The molecule has 0 heterocycles. The van der Waals surface area contributed by atoms with Crippen LogP contribution in [0.4, 0.5) is 0 Å². The molecule has 0 radical (unpaired) electrons. The van der Waals surface area contributed by atoms with Crippen molar-refractivity contribution in [1.29, 1.82) is 0 Å². The topological polar surface area (TPSA) is 18.5 Å². The molecule has 0 aliphatic rings. The molecule has 0 atom stereocenters. The Morgan fingerprint density at radius 1 is 0.880 bits per heavy atom. The molecule has 138 valence electrons. The number of ether oxygens (including phenoxy) is 2. The van der Waals surface area contributed by atoms with Crippen molar-refractivity contribution >= 4 is 38.3 Å². The van der Waals surface area contributed by atoms with E-state index in [-0.39, 0.29) is 0 Å². The molecule has 4 heteroatoms. The molecule has 25 heavy (non-hydrogen) atoms. The first-order chi connectivity index (χ1) is 12.3. The van der Waals surface area contributed by atoms with Gasteiger partial charge in [0.05, 0.1) is 18.2 Å². The van der Waals surface area contributed by atoms with Crippen LogP contribution in [0.5, 0.6) is 11.5 Å². The SMILES string of the molecule is CCCOc1c(Cl)cc(OCCCCCCCCBr)c2ccccc12. The van der Waals surface area contributed by atoms with E-state index in [1.54, 1.807) is 0 Å². The Morgan fingerprint density at radius 3 is 2.28 bits per heavy atom. The van der Waals surface area contributed by atoms with Gasteiger partial charge < -0.3 is 9.47 Å². The lowest BCUT2D eigenvalue weighted by Crippen LogP contribution is -2.00. The van der Waals surface area contributed by atoms with Crippen LogP contribution in [0.25, 0.3) is 10.8 Å². The van der Waals surface area contributed by atoms with Gasteiger partial charge in [0.15, 0.2) is 0 Å². The van der Waals surface area contributed by atoms with Crippen molar-refractivity contribution in [1.82, 2.24) is 0 Å². The summed E-state index contributed by atoms with van der Waals surface area (Å²) in [5.41, 5.74) is 0. The molecule has 2 rings (SSSR count). The standard InChI is InChI=1S/C21H28BrClO2/c1-2-14-25-21-18-12-8-7-11-17(18)20(16-19(21)23)24-15-10-6-4-3-5-9-13-22/h7-8,11-12,16H,2-6,9-10,13-15H2,1H3. The molecule has 0 aliphatic carbocycles. The first-order valence-electron chi connectivity index (χ1n) is 9.30. The molecule has 0 fully saturated rings. The van der Waals surface area contributed by atoms with Gasteiger partial charge in [-0.25, -0.2) is 0 Å². The minimum absolute atomic E-state index is 0.622. The monoisotopic (exact) mass is 426 g/mol. The van der Waals surface area contributed by atoms with E-state index in [9.17, 15) is 0 Å². The van der Waals surface area contributed by atoms with Gasteiger partial charge in [0, 0.05) is 22.2 Å². The van der Waals surface area contributed by atoms with Crippen LogP contribution in [0.2, 0.25) is 5.02 Å². The van der Waals surface area contributed by atoms with E-state index in [0.717, 1.165) is 47.1 Å². The lowest BCUT2D eigenvalue weighted by molar-refractivity contribution is 0.305. The zero-order chi connectivity index (χ0) is 17.9. The predicted molar refractivity (Wildman–Crippen MR) is 112 cm³/mol. The van der Waals surface area contributed by atoms with Crippen LogP contribution in [-0.2, 0) is 0 Å². The van der Waals surface area contributed by atoms with Crippen molar-refractivity contribution in [3.05, 3.63) is 35.4 Å². The fraction of sp³-hybridized carbons (Fsp3) is 0.524. The highest BCUT2D eigenvalue weighted by Crippen LogP contribution is 2.39. The minimum Gasteiger partial charge on any atom is -0.493 e.